The number of carbonyl (C=O) groups is 2. The fourth-order valence-electron chi connectivity index (χ4n) is 4.95. The molecular formula is C30H26N4O7. The molecule has 1 unspecified atom stereocenters. The summed E-state index contributed by atoms with van der Waals surface area (Å²) in [5.41, 5.74) is 0.401. The number of azo groups is 1. The smallest absolute Gasteiger partial charge is 0.363 e. The zero-order chi connectivity index (χ0) is 29.5. The van der Waals surface area contributed by atoms with Gasteiger partial charge in [-0.05, 0) is 74.9 Å². The summed E-state index contributed by atoms with van der Waals surface area (Å²) in [5, 5.41) is 30.1. The van der Waals surface area contributed by atoms with Crippen molar-refractivity contribution >= 4 is 34.9 Å². The molecule has 0 amide bonds. The Balaban J connectivity index is 1.47. The standard InChI is InChI=1S/C30H26N4O7/c1-18(35)27(19(2)36)32-31-22-11-9-20(10-12-22)28(37)41-33-25-8-6-5-7-24(25)29(3,4)30(33)16-15-21-17-23(34(38)39)13-14-26(21)40-30/h5-17,35H,1-4H3/b27-18+,32-31?. The highest BCUT2D eigenvalue weighted by atomic mass is 16.7. The molecule has 11 nitrogen and oxygen atoms in total. The molecule has 2 aliphatic rings. The second kappa shape index (κ2) is 10.0. The van der Waals surface area contributed by atoms with Gasteiger partial charge in [0.05, 0.1) is 27.3 Å². The van der Waals surface area contributed by atoms with Gasteiger partial charge in [0.1, 0.15) is 11.5 Å². The Labute approximate surface area is 235 Å². The van der Waals surface area contributed by atoms with Crippen molar-refractivity contribution in [3.63, 3.8) is 0 Å². The van der Waals surface area contributed by atoms with Crippen LogP contribution in [0.2, 0.25) is 0 Å². The number of nitrogens with zero attached hydrogens (tertiary/aromatic N) is 4. The Morgan fingerprint density at radius 1 is 1.05 bits per heavy atom. The van der Waals surface area contributed by atoms with E-state index in [0.29, 0.717) is 22.7 Å². The van der Waals surface area contributed by atoms with Gasteiger partial charge in [0.15, 0.2) is 11.5 Å². The zero-order valence-electron chi connectivity index (χ0n) is 22.7. The molecule has 11 heteroatoms. The van der Waals surface area contributed by atoms with E-state index in [0.717, 1.165) is 5.56 Å². The van der Waals surface area contributed by atoms with E-state index in [4.69, 9.17) is 9.57 Å². The van der Waals surface area contributed by atoms with Crippen LogP contribution in [0.4, 0.5) is 17.1 Å². The first-order chi connectivity index (χ1) is 19.4. The van der Waals surface area contributed by atoms with E-state index < -0.39 is 27.8 Å². The summed E-state index contributed by atoms with van der Waals surface area (Å²) in [4.78, 5) is 41.8. The van der Waals surface area contributed by atoms with Crippen LogP contribution in [0.25, 0.3) is 6.08 Å². The average molecular weight is 555 g/mol. The topological polar surface area (TPSA) is 144 Å². The minimum absolute atomic E-state index is 0.0618. The summed E-state index contributed by atoms with van der Waals surface area (Å²) in [7, 11) is 0. The van der Waals surface area contributed by atoms with E-state index in [1.807, 2.05) is 38.1 Å². The number of anilines is 1. The van der Waals surface area contributed by atoms with Gasteiger partial charge in [-0.15, -0.1) is 5.11 Å². The lowest BCUT2D eigenvalue weighted by molar-refractivity contribution is -0.384. The third kappa shape index (κ3) is 4.61. The monoisotopic (exact) mass is 554 g/mol. The van der Waals surface area contributed by atoms with E-state index in [9.17, 15) is 24.8 Å². The highest BCUT2D eigenvalue weighted by molar-refractivity contribution is 5.93. The fourth-order valence-corrected chi connectivity index (χ4v) is 4.95. The quantitative estimate of drug-likeness (QED) is 0.116. The van der Waals surface area contributed by atoms with E-state index in [-0.39, 0.29) is 22.7 Å². The maximum absolute atomic E-state index is 13.4. The second-order valence-electron chi connectivity index (χ2n) is 10.2. The molecular weight excluding hydrogens is 528 g/mol. The third-order valence-electron chi connectivity index (χ3n) is 7.17. The molecule has 2 aliphatic heterocycles. The number of carbonyl (C=O) groups excluding carboxylic acids is 2. The van der Waals surface area contributed by atoms with Crippen LogP contribution in [-0.4, -0.2) is 27.5 Å². The van der Waals surface area contributed by atoms with Crippen LogP contribution < -0.4 is 9.80 Å². The van der Waals surface area contributed by atoms with Crippen molar-refractivity contribution in [2.75, 3.05) is 5.06 Å². The number of aliphatic hydroxyl groups excluding tert-OH is 1. The fraction of sp³-hybridized carbons (Fsp3) is 0.200. The van der Waals surface area contributed by atoms with Crippen LogP contribution >= 0.6 is 0 Å². The van der Waals surface area contributed by atoms with Crippen LogP contribution in [0.3, 0.4) is 0 Å². The maximum Gasteiger partial charge on any atom is 0.363 e. The van der Waals surface area contributed by atoms with Gasteiger partial charge in [0.2, 0.25) is 5.72 Å². The van der Waals surface area contributed by atoms with Gasteiger partial charge in [0.25, 0.3) is 5.69 Å². The molecule has 1 atom stereocenters. The molecule has 0 bridgehead atoms. The van der Waals surface area contributed by atoms with Crippen LogP contribution in [0, 0.1) is 10.1 Å². The van der Waals surface area contributed by atoms with Crippen molar-refractivity contribution in [3.05, 3.63) is 111 Å². The van der Waals surface area contributed by atoms with Gasteiger partial charge in [0, 0.05) is 24.6 Å². The summed E-state index contributed by atoms with van der Waals surface area (Å²) < 4.78 is 6.53. The number of Topliss-reactive ketones (excluding diaryl/α,β-unsaturated/α-hetero) is 1. The molecule has 0 radical (unpaired) electrons. The number of para-hydroxylation sites is 1. The van der Waals surface area contributed by atoms with E-state index in [1.165, 1.54) is 61.4 Å². The van der Waals surface area contributed by atoms with Gasteiger partial charge < -0.3 is 14.7 Å². The lowest BCUT2D eigenvalue weighted by atomic mass is 9.76. The Kier molecular flexibility index (Phi) is 6.66. The molecule has 5 rings (SSSR count). The van der Waals surface area contributed by atoms with Crippen molar-refractivity contribution in [3.8, 4) is 5.75 Å². The van der Waals surface area contributed by atoms with Gasteiger partial charge in [-0.2, -0.15) is 10.2 Å². The van der Waals surface area contributed by atoms with Crippen LogP contribution in [0.5, 0.6) is 5.75 Å². The van der Waals surface area contributed by atoms with Crippen LogP contribution in [0.15, 0.2) is 94.5 Å². The molecule has 0 aromatic heterocycles. The molecule has 0 saturated heterocycles. The van der Waals surface area contributed by atoms with Gasteiger partial charge >= 0.3 is 5.97 Å². The number of rotatable bonds is 6. The number of hydroxylamine groups is 1. The molecule has 3 aromatic carbocycles. The summed E-state index contributed by atoms with van der Waals surface area (Å²) >= 11 is 0. The number of non-ortho nitro benzene ring substituents is 1. The maximum atomic E-state index is 13.4. The number of ketones is 1. The lowest BCUT2D eigenvalue weighted by Crippen LogP contribution is -2.59. The molecule has 0 aliphatic carbocycles. The predicted molar refractivity (Wildman–Crippen MR) is 150 cm³/mol. The number of benzene rings is 3. The largest absolute Gasteiger partial charge is 0.510 e. The minimum atomic E-state index is -1.29. The lowest BCUT2D eigenvalue weighted by Gasteiger charge is -2.45. The first kappa shape index (κ1) is 27.3. The average Bonchev–Trinajstić information content (AvgIpc) is 3.11. The van der Waals surface area contributed by atoms with Gasteiger partial charge in [-0.3, -0.25) is 14.9 Å². The van der Waals surface area contributed by atoms with Crippen molar-refractivity contribution in [1.29, 1.82) is 0 Å². The number of fused-ring (bicyclic) bond motifs is 2. The molecule has 2 heterocycles. The number of hydrogen-bond donors (Lipinski definition) is 1. The van der Waals surface area contributed by atoms with E-state index in [1.54, 1.807) is 12.2 Å². The number of aliphatic hydroxyl groups is 1. The van der Waals surface area contributed by atoms with Crippen molar-refractivity contribution in [2.45, 2.75) is 38.8 Å². The normalized spacial score (nSPS) is 18.9. The first-order valence-corrected chi connectivity index (χ1v) is 12.7. The molecule has 3 aromatic rings. The summed E-state index contributed by atoms with van der Waals surface area (Å²) in [6, 6.07) is 17.9. The molecule has 41 heavy (non-hydrogen) atoms. The number of allylic oxidation sites excluding steroid dienone is 2. The Hall–Kier alpha value is -5.32. The van der Waals surface area contributed by atoms with Gasteiger partial charge in [-0.25, -0.2) is 4.79 Å². The summed E-state index contributed by atoms with van der Waals surface area (Å²) in [6.07, 6.45) is 3.48. The highest BCUT2D eigenvalue weighted by Gasteiger charge is 2.61. The Morgan fingerprint density at radius 3 is 2.41 bits per heavy atom. The minimum Gasteiger partial charge on any atom is -0.510 e. The zero-order valence-corrected chi connectivity index (χ0v) is 22.7. The molecule has 0 fully saturated rings. The molecule has 1 spiro atoms. The molecule has 1 N–H and O–H groups in total. The predicted octanol–water partition coefficient (Wildman–Crippen LogP) is 6.73. The second-order valence-corrected chi connectivity index (χ2v) is 10.2. The van der Waals surface area contributed by atoms with Gasteiger partial charge in [-0.1, -0.05) is 18.2 Å². The number of ether oxygens (including phenoxy) is 1. The number of nitro groups is 1. The Bertz CT molecular complexity index is 1670. The van der Waals surface area contributed by atoms with Crippen molar-refractivity contribution in [1.82, 2.24) is 0 Å². The van der Waals surface area contributed by atoms with Crippen LogP contribution in [0.1, 0.15) is 49.2 Å². The molecule has 208 valence electrons. The molecule has 0 saturated carbocycles. The van der Waals surface area contributed by atoms with E-state index in [2.05, 4.69) is 10.2 Å². The van der Waals surface area contributed by atoms with Crippen LogP contribution in [-0.2, 0) is 15.0 Å². The SMILES string of the molecule is CC(=O)/C(N=Nc1ccc(C(=O)ON2c3ccccc3C(C)(C)C23C=Cc2cc([N+](=O)[O-])ccc2O3)cc1)=C(/C)O. The third-order valence-corrected chi connectivity index (χ3v) is 7.17. The summed E-state index contributed by atoms with van der Waals surface area (Å²) in [6.45, 7) is 6.55. The number of hydrogen-bond acceptors (Lipinski definition) is 10. The van der Waals surface area contributed by atoms with E-state index >= 15 is 0 Å². The number of nitro benzene ring substituents is 1. The highest BCUT2D eigenvalue weighted by Crippen LogP contribution is 2.55. The van der Waals surface area contributed by atoms with Crippen molar-refractivity contribution < 1.29 is 29.2 Å². The Morgan fingerprint density at radius 2 is 1.76 bits per heavy atom. The summed E-state index contributed by atoms with van der Waals surface area (Å²) in [5.74, 6) is -0.935. The first-order valence-electron chi connectivity index (χ1n) is 12.7. The van der Waals surface area contributed by atoms with Crippen molar-refractivity contribution in [2.24, 2.45) is 10.2 Å².